The average Bonchev–Trinajstić information content (AvgIpc) is 2.69. The van der Waals surface area contributed by atoms with Gasteiger partial charge in [0.05, 0.1) is 17.5 Å². The van der Waals surface area contributed by atoms with Gasteiger partial charge in [0.1, 0.15) is 4.90 Å². The molecule has 0 amide bonds. The number of piperidine rings is 1. The van der Waals surface area contributed by atoms with Gasteiger partial charge in [-0.2, -0.15) is 9.40 Å². The lowest BCUT2D eigenvalue weighted by Crippen LogP contribution is -2.40. The molecular weight excluding hydrogens is 254 g/mol. The summed E-state index contributed by atoms with van der Waals surface area (Å²) in [6, 6.07) is 0. The van der Waals surface area contributed by atoms with E-state index >= 15 is 0 Å². The lowest BCUT2D eigenvalue weighted by molar-refractivity contribution is 0.0604. The van der Waals surface area contributed by atoms with E-state index in [2.05, 4.69) is 10.2 Å². The SMILES string of the molecule is COC1CCN(S(=O)(=O)c2c(C)n[nH]c2C)CC1. The molecule has 1 aliphatic heterocycles. The highest BCUT2D eigenvalue weighted by molar-refractivity contribution is 7.89. The summed E-state index contributed by atoms with van der Waals surface area (Å²) in [5.74, 6) is 0. The van der Waals surface area contributed by atoms with Gasteiger partial charge in [0.25, 0.3) is 0 Å². The minimum absolute atomic E-state index is 0.169. The van der Waals surface area contributed by atoms with Gasteiger partial charge in [0.15, 0.2) is 0 Å². The van der Waals surface area contributed by atoms with Crippen molar-refractivity contribution in [3.05, 3.63) is 11.4 Å². The molecule has 1 N–H and O–H groups in total. The van der Waals surface area contributed by atoms with Gasteiger partial charge in [-0.15, -0.1) is 0 Å². The van der Waals surface area contributed by atoms with Crippen LogP contribution >= 0.6 is 0 Å². The second-order valence-electron chi connectivity index (χ2n) is 4.60. The molecule has 2 rings (SSSR count). The number of hydrogen-bond acceptors (Lipinski definition) is 4. The highest BCUT2D eigenvalue weighted by atomic mass is 32.2. The summed E-state index contributed by atoms with van der Waals surface area (Å²) in [6.45, 7) is 4.45. The number of ether oxygens (including phenoxy) is 1. The predicted molar refractivity (Wildman–Crippen MR) is 66.9 cm³/mol. The Hall–Kier alpha value is -0.920. The van der Waals surface area contributed by atoms with Crippen LogP contribution in [0, 0.1) is 13.8 Å². The fourth-order valence-corrected chi connectivity index (χ4v) is 4.16. The number of nitrogens with zero attached hydrogens (tertiary/aromatic N) is 2. The van der Waals surface area contributed by atoms with Crippen LogP contribution in [0.1, 0.15) is 24.2 Å². The molecule has 1 aromatic rings. The summed E-state index contributed by atoms with van der Waals surface area (Å²) >= 11 is 0. The van der Waals surface area contributed by atoms with E-state index in [0.717, 1.165) is 12.8 Å². The van der Waals surface area contributed by atoms with Gasteiger partial charge in [-0.3, -0.25) is 5.10 Å². The lowest BCUT2D eigenvalue weighted by atomic mass is 10.1. The summed E-state index contributed by atoms with van der Waals surface area (Å²) in [6.07, 6.45) is 1.65. The molecule has 0 aliphatic carbocycles. The molecule has 6 nitrogen and oxygen atoms in total. The normalized spacial score (nSPS) is 19.3. The number of methoxy groups -OCH3 is 1. The van der Waals surface area contributed by atoms with Gasteiger partial charge < -0.3 is 4.74 Å². The van der Waals surface area contributed by atoms with Crippen molar-refractivity contribution in [1.82, 2.24) is 14.5 Å². The van der Waals surface area contributed by atoms with E-state index in [1.54, 1.807) is 21.0 Å². The van der Waals surface area contributed by atoms with Crippen LogP contribution in [-0.4, -0.2) is 49.2 Å². The number of nitrogens with one attached hydrogen (secondary N) is 1. The third kappa shape index (κ3) is 2.30. The van der Waals surface area contributed by atoms with Crippen LogP contribution in [0.2, 0.25) is 0 Å². The Kier molecular flexibility index (Phi) is 3.74. The van der Waals surface area contributed by atoms with Crippen LogP contribution in [0.4, 0.5) is 0 Å². The number of H-pyrrole nitrogens is 1. The third-order valence-corrected chi connectivity index (χ3v) is 5.56. The van der Waals surface area contributed by atoms with Crippen molar-refractivity contribution in [2.24, 2.45) is 0 Å². The van der Waals surface area contributed by atoms with Gasteiger partial charge in [0.2, 0.25) is 10.0 Å². The van der Waals surface area contributed by atoms with Crippen LogP contribution in [0.3, 0.4) is 0 Å². The summed E-state index contributed by atoms with van der Waals surface area (Å²) in [7, 11) is -1.76. The zero-order valence-corrected chi connectivity index (χ0v) is 11.7. The highest BCUT2D eigenvalue weighted by Gasteiger charge is 2.32. The molecule has 0 spiro atoms. The first-order valence-electron chi connectivity index (χ1n) is 6.01. The zero-order chi connectivity index (χ0) is 13.3. The van der Waals surface area contributed by atoms with E-state index in [0.29, 0.717) is 29.4 Å². The minimum atomic E-state index is -3.43. The average molecular weight is 273 g/mol. The minimum Gasteiger partial charge on any atom is -0.381 e. The maximum Gasteiger partial charge on any atom is 0.246 e. The number of hydrogen-bond donors (Lipinski definition) is 1. The predicted octanol–water partition coefficient (Wildman–Crippen LogP) is 0.826. The maximum absolute atomic E-state index is 12.5. The standard InChI is InChI=1S/C11H19N3O3S/c1-8-11(9(2)13-12-8)18(15,16)14-6-4-10(17-3)5-7-14/h10H,4-7H2,1-3H3,(H,12,13). The van der Waals surface area contributed by atoms with Crippen LogP contribution in [0.25, 0.3) is 0 Å². The molecule has 102 valence electrons. The van der Waals surface area contributed by atoms with Gasteiger partial charge in [-0.1, -0.05) is 0 Å². The zero-order valence-electron chi connectivity index (χ0n) is 10.9. The van der Waals surface area contributed by atoms with Crippen LogP contribution in [-0.2, 0) is 14.8 Å². The maximum atomic E-state index is 12.5. The smallest absolute Gasteiger partial charge is 0.246 e. The first-order chi connectivity index (χ1) is 8.46. The molecular formula is C11H19N3O3S. The van der Waals surface area contributed by atoms with Crippen molar-refractivity contribution >= 4 is 10.0 Å². The van der Waals surface area contributed by atoms with Gasteiger partial charge >= 0.3 is 0 Å². The second kappa shape index (κ2) is 4.99. The molecule has 18 heavy (non-hydrogen) atoms. The summed E-state index contributed by atoms with van der Waals surface area (Å²) in [4.78, 5) is 0.318. The Labute approximate surface area is 107 Å². The van der Waals surface area contributed by atoms with Crippen LogP contribution < -0.4 is 0 Å². The van der Waals surface area contributed by atoms with Crippen molar-refractivity contribution in [1.29, 1.82) is 0 Å². The number of sulfonamides is 1. The Morgan fingerprint density at radius 1 is 1.33 bits per heavy atom. The Bertz CT molecular complexity index is 496. The number of rotatable bonds is 3. The van der Waals surface area contributed by atoms with E-state index in [-0.39, 0.29) is 6.10 Å². The largest absolute Gasteiger partial charge is 0.381 e. The highest BCUT2D eigenvalue weighted by Crippen LogP contribution is 2.25. The molecule has 7 heteroatoms. The summed E-state index contributed by atoms with van der Waals surface area (Å²) < 4.78 is 31.8. The molecule has 1 saturated heterocycles. The van der Waals surface area contributed by atoms with Gasteiger partial charge in [0, 0.05) is 20.2 Å². The van der Waals surface area contributed by atoms with Crippen molar-refractivity contribution in [3.63, 3.8) is 0 Å². The Morgan fingerprint density at radius 2 is 1.94 bits per heavy atom. The van der Waals surface area contributed by atoms with Crippen molar-refractivity contribution in [3.8, 4) is 0 Å². The molecule has 0 atom stereocenters. The number of aromatic amines is 1. The second-order valence-corrected chi connectivity index (χ2v) is 6.48. The summed E-state index contributed by atoms with van der Waals surface area (Å²) in [5.41, 5.74) is 1.13. The van der Waals surface area contributed by atoms with Crippen molar-refractivity contribution < 1.29 is 13.2 Å². The quantitative estimate of drug-likeness (QED) is 0.885. The van der Waals surface area contributed by atoms with Crippen LogP contribution in [0.15, 0.2) is 4.90 Å². The third-order valence-electron chi connectivity index (χ3n) is 3.39. The van der Waals surface area contributed by atoms with E-state index in [1.807, 2.05) is 0 Å². The molecule has 0 aromatic carbocycles. The number of aromatic nitrogens is 2. The Morgan fingerprint density at radius 3 is 2.39 bits per heavy atom. The molecule has 1 aromatic heterocycles. The molecule has 0 saturated carbocycles. The van der Waals surface area contributed by atoms with Gasteiger partial charge in [-0.05, 0) is 26.7 Å². The van der Waals surface area contributed by atoms with E-state index < -0.39 is 10.0 Å². The first-order valence-corrected chi connectivity index (χ1v) is 7.45. The molecule has 1 fully saturated rings. The fraction of sp³-hybridized carbons (Fsp3) is 0.727. The molecule has 0 radical (unpaired) electrons. The topological polar surface area (TPSA) is 75.3 Å². The summed E-state index contributed by atoms with van der Waals surface area (Å²) in [5, 5.41) is 6.67. The van der Waals surface area contributed by atoms with E-state index in [1.165, 1.54) is 4.31 Å². The molecule has 2 heterocycles. The van der Waals surface area contributed by atoms with Gasteiger partial charge in [-0.25, -0.2) is 8.42 Å². The lowest BCUT2D eigenvalue weighted by Gasteiger charge is -2.30. The van der Waals surface area contributed by atoms with Crippen molar-refractivity contribution in [2.75, 3.05) is 20.2 Å². The first kappa shape index (κ1) is 13.5. The van der Waals surface area contributed by atoms with Crippen LogP contribution in [0.5, 0.6) is 0 Å². The monoisotopic (exact) mass is 273 g/mol. The Balaban J connectivity index is 2.23. The fourth-order valence-electron chi connectivity index (χ4n) is 2.36. The molecule has 1 aliphatic rings. The van der Waals surface area contributed by atoms with Crippen molar-refractivity contribution in [2.45, 2.75) is 37.7 Å². The number of aryl methyl sites for hydroxylation is 2. The van der Waals surface area contributed by atoms with E-state index in [4.69, 9.17) is 4.74 Å². The molecule has 0 bridgehead atoms. The van der Waals surface area contributed by atoms with E-state index in [9.17, 15) is 8.42 Å². The molecule has 0 unspecified atom stereocenters.